The zero-order valence-electron chi connectivity index (χ0n) is 22.9. The Morgan fingerprint density at radius 1 is 1.28 bits per heavy atom. The summed E-state index contributed by atoms with van der Waals surface area (Å²) in [7, 11) is 0. The average Bonchev–Trinajstić information content (AvgIpc) is 3.81. The van der Waals surface area contributed by atoms with Gasteiger partial charge in [-0.1, -0.05) is 5.16 Å². The van der Waals surface area contributed by atoms with E-state index in [0.717, 1.165) is 48.6 Å². The van der Waals surface area contributed by atoms with E-state index in [1.165, 1.54) is 17.1 Å². The summed E-state index contributed by atoms with van der Waals surface area (Å²) >= 11 is 2.29. The van der Waals surface area contributed by atoms with Gasteiger partial charge in [0.1, 0.15) is 22.8 Å². The molecule has 6 atom stereocenters. The Morgan fingerprint density at radius 3 is 2.72 bits per heavy atom. The predicted octanol–water partition coefficient (Wildman–Crippen LogP) is -1.36. The van der Waals surface area contributed by atoms with E-state index >= 15 is 0 Å². The van der Waals surface area contributed by atoms with Crippen LogP contribution in [0, 0.1) is 0 Å². The molecular weight excluding hydrogens is 600 g/mol. The van der Waals surface area contributed by atoms with Gasteiger partial charge in [-0.2, -0.15) is 0 Å². The predicted molar refractivity (Wildman–Crippen MR) is 156 cm³/mol. The molecule has 230 valence electrons. The molecule has 0 spiro atoms. The van der Waals surface area contributed by atoms with E-state index < -0.39 is 47.1 Å². The second-order valence-electron chi connectivity index (χ2n) is 11.1. The molecular formula is C26H32N8O7S2. The van der Waals surface area contributed by atoms with E-state index in [2.05, 4.69) is 26.1 Å². The fourth-order valence-corrected chi connectivity index (χ4v) is 8.35. The molecule has 4 fully saturated rings. The Bertz CT molecular complexity index is 1430. The number of amides is 3. The summed E-state index contributed by atoms with van der Waals surface area (Å²) < 4.78 is 0. The van der Waals surface area contributed by atoms with Gasteiger partial charge in [0.15, 0.2) is 10.8 Å². The number of aliphatic hydroxyl groups excluding tert-OH is 1. The molecule has 5 aliphatic rings. The minimum Gasteiger partial charge on any atom is -0.477 e. The third kappa shape index (κ3) is 5.28. The minimum atomic E-state index is -1.33. The molecule has 0 saturated carbocycles. The second-order valence-corrected chi connectivity index (χ2v) is 13.0. The zero-order chi connectivity index (χ0) is 30.4. The van der Waals surface area contributed by atoms with E-state index in [9.17, 15) is 34.6 Å². The number of β-lactam (4-membered cyclic amide) rings is 1. The van der Waals surface area contributed by atoms with Crippen LogP contribution in [-0.4, -0.2) is 121 Å². The molecule has 1 aromatic heterocycles. The van der Waals surface area contributed by atoms with Crippen molar-refractivity contribution in [1.29, 1.82) is 0 Å². The number of fused-ring (bicyclic) bond motifs is 1. The number of nitrogen functional groups attached to an aromatic ring is 1. The number of carboxylic acids is 1. The zero-order valence-corrected chi connectivity index (χ0v) is 24.6. The number of hydrogen-bond donors (Lipinski definition) is 7. The summed E-state index contributed by atoms with van der Waals surface area (Å²) in [5, 5.41) is 43.8. The first-order valence-corrected chi connectivity index (χ1v) is 15.9. The monoisotopic (exact) mass is 632 g/mol. The van der Waals surface area contributed by atoms with Crippen LogP contribution in [0.3, 0.4) is 0 Å². The van der Waals surface area contributed by atoms with Crippen LogP contribution in [0.4, 0.5) is 5.13 Å². The number of aliphatic carboxylic acids is 1. The first-order valence-electron chi connectivity index (χ1n) is 14.0. The SMILES string of the molecule is Nc1nc(C(=NO)C(=O)N[C@@H]2C(=O)N3C(C(=O)O)=C(C=C4CC(C(O)C5CCCN5)N(C5CCNC5)C4=O)CS[C@H]23)cs1. The molecule has 15 nitrogen and oxygen atoms in total. The van der Waals surface area contributed by atoms with Gasteiger partial charge in [0.05, 0.1) is 12.1 Å². The molecule has 17 heteroatoms. The number of thiazole rings is 1. The van der Waals surface area contributed by atoms with Crippen molar-refractivity contribution in [2.24, 2.45) is 5.16 Å². The lowest BCUT2D eigenvalue weighted by Gasteiger charge is -2.49. The Hall–Kier alpha value is -3.51. The summed E-state index contributed by atoms with van der Waals surface area (Å²) in [6.07, 6.45) is 3.56. The fourth-order valence-electron chi connectivity index (χ4n) is 6.50. The van der Waals surface area contributed by atoms with Crippen LogP contribution in [-0.2, 0) is 19.2 Å². The molecule has 3 amide bonds. The van der Waals surface area contributed by atoms with E-state index in [4.69, 9.17) is 5.73 Å². The fraction of sp³-hybridized carbons (Fsp3) is 0.538. The molecule has 0 aromatic carbocycles. The summed E-state index contributed by atoms with van der Waals surface area (Å²) in [5.41, 5.74) is 5.67. The molecule has 4 unspecified atom stereocenters. The van der Waals surface area contributed by atoms with E-state index in [1.807, 2.05) is 0 Å². The summed E-state index contributed by atoms with van der Waals surface area (Å²) in [4.78, 5) is 59.0. The van der Waals surface area contributed by atoms with Crippen LogP contribution in [0.2, 0.25) is 0 Å². The number of hydrogen-bond acceptors (Lipinski definition) is 13. The maximum absolute atomic E-state index is 13.7. The van der Waals surface area contributed by atoms with Crippen molar-refractivity contribution in [3.05, 3.63) is 34.0 Å². The van der Waals surface area contributed by atoms with Gasteiger partial charge in [0, 0.05) is 41.8 Å². The molecule has 8 N–H and O–H groups in total. The largest absolute Gasteiger partial charge is 0.477 e. The van der Waals surface area contributed by atoms with Crippen LogP contribution in [0.5, 0.6) is 0 Å². The van der Waals surface area contributed by atoms with Gasteiger partial charge < -0.3 is 42.0 Å². The van der Waals surface area contributed by atoms with Crippen molar-refractivity contribution in [3.8, 4) is 0 Å². The molecule has 1 aromatic rings. The van der Waals surface area contributed by atoms with Gasteiger partial charge >= 0.3 is 5.97 Å². The second kappa shape index (κ2) is 11.9. The van der Waals surface area contributed by atoms with Crippen molar-refractivity contribution in [2.75, 3.05) is 31.1 Å². The number of nitrogens with one attached hydrogen (secondary N) is 3. The topological polar surface area (TPSA) is 223 Å². The molecule has 5 aliphatic heterocycles. The number of allylic oxidation sites excluding steroid dienone is 1. The van der Waals surface area contributed by atoms with Gasteiger partial charge in [0.2, 0.25) is 0 Å². The van der Waals surface area contributed by atoms with Gasteiger partial charge in [-0.05, 0) is 44.0 Å². The van der Waals surface area contributed by atoms with Crippen LogP contribution in [0.15, 0.2) is 33.5 Å². The van der Waals surface area contributed by atoms with Crippen LogP contribution >= 0.6 is 23.1 Å². The van der Waals surface area contributed by atoms with Gasteiger partial charge in [-0.25, -0.2) is 9.78 Å². The number of carbonyl (C=O) groups is 4. The number of carbonyl (C=O) groups excluding carboxylic acids is 3. The molecule has 4 saturated heterocycles. The lowest BCUT2D eigenvalue weighted by Crippen LogP contribution is -2.71. The quantitative estimate of drug-likeness (QED) is 0.0581. The number of aliphatic hydroxyl groups is 1. The van der Waals surface area contributed by atoms with Gasteiger partial charge in [-0.3, -0.25) is 19.3 Å². The van der Waals surface area contributed by atoms with Crippen molar-refractivity contribution >= 4 is 57.6 Å². The Balaban J connectivity index is 1.23. The number of nitrogens with two attached hydrogens (primary N) is 1. The number of nitrogens with zero attached hydrogens (tertiary/aromatic N) is 4. The van der Waals surface area contributed by atoms with Gasteiger partial charge in [-0.15, -0.1) is 23.1 Å². The number of thioether (sulfide) groups is 1. The van der Waals surface area contributed by atoms with E-state index in [0.29, 0.717) is 17.7 Å². The number of likely N-dealkylation sites (tertiary alicyclic amines) is 1. The lowest BCUT2D eigenvalue weighted by atomic mass is 9.96. The summed E-state index contributed by atoms with van der Waals surface area (Å²) in [6, 6.07) is -1.71. The highest BCUT2D eigenvalue weighted by Crippen LogP contribution is 2.42. The number of anilines is 1. The Morgan fingerprint density at radius 2 is 2.09 bits per heavy atom. The third-order valence-electron chi connectivity index (χ3n) is 8.54. The number of aromatic nitrogens is 1. The Kier molecular flexibility index (Phi) is 8.16. The highest BCUT2D eigenvalue weighted by molar-refractivity contribution is 8.00. The van der Waals surface area contributed by atoms with Crippen LogP contribution in [0.25, 0.3) is 0 Å². The highest BCUT2D eigenvalue weighted by atomic mass is 32.2. The molecule has 0 bridgehead atoms. The molecule has 6 heterocycles. The normalized spacial score (nSPS) is 31.0. The van der Waals surface area contributed by atoms with Crippen LogP contribution < -0.4 is 21.7 Å². The smallest absolute Gasteiger partial charge is 0.352 e. The van der Waals surface area contributed by atoms with Crippen molar-refractivity contribution < 1.29 is 34.6 Å². The van der Waals surface area contributed by atoms with Gasteiger partial charge in [0.25, 0.3) is 17.7 Å². The molecule has 43 heavy (non-hydrogen) atoms. The van der Waals surface area contributed by atoms with Crippen LogP contribution in [0.1, 0.15) is 31.4 Å². The van der Waals surface area contributed by atoms with E-state index in [1.54, 1.807) is 11.0 Å². The first kappa shape index (κ1) is 29.6. The lowest BCUT2D eigenvalue weighted by molar-refractivity contribution is -0.150. The standard InChI is InChI=1S/C26H32N8O7S2/c27-26-30-15(10-43-26)17(32-41)21(36)31-18-23(38)34-19(25(39)40)12(9-42-24(18)34)6-11-7-16(20(35)14-2-1-4-29-14)33(22(11)37)13-3-5-28-8-13/h6,10,13-14,16,18,20,24,28-29,35,41H,1-5,7-9H2,(H2,27,30)(H,31,36)(H,39,40)/t13?,14?,16?,18-,20?,24-/m1/s1. The highest BCUT2D eigenvalue weighted by Gasteiger charge is 2.55. The summed E-state index contributed by atoms with van der Waals surface area (Å²) in [5.74, 6) is -2.91. The maximum Gasteiger partial charge on any atom is 0.352 e. The number of carboxylic acid groups (broad SMARTS) is 1. The average molecular weight is 633 g/mol. The van der Waals surface area contributed by atoms with E-state index in [-0.39, 0.29) is 46.7 Å². The van der Waals surface area contributed by atoms with Crippen molar-refractivity contribution in [1.82, 2.24) is 30.7 Å². The maximum atomic E-state index is 13.7. The first-order chi connectivity index (χ1) is 20.7. The number of rotatable bonds is 8. The Labute approximate surface area is 254 Å². The minimum absolute atomic E-state index is 0.0400. The van der Waals surface area contributed by atoms with Crippen molar-refractivity contribution in [3.63, 3.8) is 0 Å². The number of oxime groups is 1. The molecule has 6 rings (SSSR count). The summed E-state index contributed by atoms with van der Waals surface area (Å²) in [6.45, 7) is 2.19. The third-order valence-corrected chi connectivity index (χ3v) is 10.5. The molecule has 0 aliphatic carbocycles. The van der Waals surface area contributed by atoms with Crippen molar-refractivity contribution in [2.45, 2.75) is 61.3 Å². The molecule has 0 radical (unpaired) electrons.